The summed E-state index contributed by atoms with van der Waals surface area (Å²) in [4.78, 5) is 23.6. The average molecular weight is 205 g/mol. The quantitative estimate of drug-likeness (QED) is 0.583. The van der Waals surface area contributed by atoms with Crippen molar-refractivity contribution in [2.75, 3.05) is 13.1 Å². The third kappa shape index (κ3) is 1.26. The summed E-state index contributed by atoms with van der Waals surface area (Å²) >= 11 is 0. The lowest BCUT2D eigenvalue weighted by atomic mass is 10.2. The van der Waals surface area contributed by atoms with Gasteiger partial charge in [0.1, 0.15) is 12.2 Å². The highest BCUT2D eigenvalue weighted by molar-refractivity contribution is 6.14. The number of carbonyl (C=O) groups excluding carboxylic acids is 2. The van der Waals surface area contributed by atoms with Crippen molar-refractivity contribution >= 4 is 17.6 Å². The Balaban J connectivity index is 2.55. The number of hydrogen-bond acceptors (Lipinski definition) is 2. The van der Waals surface area contributed by atoms with Gasteiger partial charge < -0.3 is 0 Å². The average Bonchev–Trinajstić information content (AvgIpc) is 2.57. The van der Waals surface area contributed by atoms with E-state index in [-0.39, 0.29) is 23.0 Å². The Morgan fingerprint density at radius 3 is 2.40 bits per heavy atom. The van der Waals surface area contributed by atoms with Gasteiger partial charge in [-0.3, -0.25) is 5.32 Å². The number of nitrogens with one attached hydrogen (secondary N) is 1. The fourth-order valence-corrected chi connectivity index (χ4v) is 1.98. The summed E-state index contributed by atoms with van der Waals surface area (Å²) in [5, 5.41) is 2.59. The van der Waals surface area contributed by atoms with Crippen LogP contribution in [-0.2, 0) is 4.79 Å². The number of quaternary nitrogens is 1. The molecule has 1 N–H and O–H groups in total. The Morgan fingerprint density at radius 2 is 1.93 bits per heavy atom. The van der Waals surface area contributed by atoms with Crippen molar-refractivity contribution in [3.8, 4) is 0 Å². The highest BCUT2D eigenvalue weighted by atomic mass is 16.2. The predicted octanol–water partition coefficient (Wildman–Crippen LogP) is 1.26. The van der Waals surface area contributed by atoms with E-state index >= 15 is 0 Å². The molecule has 1 saturated heterocycles. The summed E-state index contributed by atoms with van der Waals surface area (Å²) in [5.74, 6) is -0.0892. The molecule has 1 aliphatic rings. The first-order valence-electron chi connectivity index (χ1n) is 4.97. The molecule has 3 amide bonds. The standard InChI is InChI=1S/C11H12N2O2/c1-2-13(9-6-4-3-5-7-9)10(14)8-12-11(13)15/h3-7H,2,8H2,1H3/p+1. The van der Waals surface area contributed by atoms with E-state index in [0.717, 1.165) is 5.69 Å². The molecule has 4 nitrogen and oxygen atoms in total. The predicted molar refractivity (Wildman–Crippen MR) is 57.2 cm³/mol. The van der Waals surface area contributed by atoms with Crippen molar-refractivity contribution in [3.63, 3.8) is 0 Å². The molecule has 0 aromatic heterocycles. The monoisotopic (exact) mass is 205 g/mol. The maximum Gasteiger partial charge on any atom is 0.429 e. The minimum Gasteiger partial charge on any atom is -0.291 e. The first kappa shape index (κ1) is 9.86. The second kappa shape index (κ2) is 3.47. The van der Waals surface area contributed by atoms with Crippen LogP contribution in [0.5, 0.6) is 0 Å². The third-order valence-electron chi connectivity index (χ3n) is 2.83. The second-order valence-corrected chi connectivity index (χ2v) is 3.51. The van der Waals surface area contributed by atoms with Crippen molar-refractivity contribution in [1.82, 2.24) is 9.80 Å². The van der Waals surface area contributed by atoms with Gasteiger partial charge in [-0.1, -0.05) is 18.2 Å². The fourth-order valence-electron chi connectivity index (χ4n) is 1.98. The van der Waals surface area contributed by atoms with Crippen LogP contribution in [0.25, 0.3) is 0 Å². The Hall–Kier alpha value is -1.68. The summed E-state index contributed by atoms with van der Waals surface area (Å²) in [6.07, 6.45) is 0. The molecule has 1 unspecified atom stereocenters. The molecule has 1 heterocycles. The Labute approximate surface area is 88.1 Å². The van der Waals surface area contributed by atoms with Gasteiger partial charge in [0.25, 0.3) is 0 Å². The minimum atomic E-state index is -0.228. The topological polar surface area (TPSA) is 46.2 Å². The Kier molecular flexibility index (Phi) is 2.28. The van der Waals surface area contributed by atoms with Gasteiger partial charge >= 0.3 is 11.9 Å². The largest absolute Gasteiger partial charge is 0.429 e. The molecule has 1 aliphatic heterocycles. The Bertz CT molecular complexity index is 384. The smallest absolute Gasteiger partial charge is 0.291 e. The van der Waals surface area contributed by atoms with Crippen LogP contribution in [0.2, 0.25) is 0 Å². The maximum absolute atomic E-state index is 11.8. The number of rotatable bonds is 2. The molecule has 1 aromatic carbocycles. The second-order valence-electron chi connectivity index (χ2n) is 3.51. The van der Waals surface area contributed by atoms with Gasteiger partial charge in [0.05, 0.1) is 6.54 Å². The van der Waals surface area contributed by atoms with Crippen molar-refractivity contribution in [3.05, 3.63) is 30.3 Å². The molecule has 78 valence electrons. The van der Waals surface area contributed by atoms with E-state index < -0.39 is 0 Å². The normalized spacial score (nSPS) is 25.4. The van der Waals surface area contributed by atoms with E-state index in [4.69, 9.17) is 0 Å². The summed E-state index contributed by atoms with van der Waals surface area (Å²) in [5.41, 5.74) is 0.736. The number of likely N-dealkylation sites (N-methyl/N-ethyl adjacent to an activating group) is 1. The van der Waals surface area contributed by atoms with E-state index in [1.807, 2.05) is 37.3 Å². The molecule has 2 rings (SSSR count). The molecule has 0 aliphatic carbocycles. The van der Waals surface area contributed by atoms with E-state index in [1.165, 1.54) is 0 Å². The summed E-state index contributed by atoms with van der Waals surface area (Å²) in [6.45, 7) is 2.42. The molecular weight excluding hydrogens is 192 g/mol. The van der Waals surface area contributed by atoms with Gasteiger partial charge in [-0.15, -0.1) is 4.48 Å². The van der Waals surface area contributed by atoms with Crippen LogP contribution in [0.15, 0.2) is 30.3 Å². The van der Waals surface area contributed by atoms with Gasteiger partial charge in [0.15, 0.2) is 0 Å². The number of nitrogens with zero attached hydrogens (tertiary/aromatic N) is 1. The van der Waals surface area contributed by atoms with E-state index in [2.05, 4.69) is 5.32 Å². The van der Waals surface area contributed by atoms with Crippen LogP contribution in [0.4, 0.5) is 10.5 Å². The van der Waals surface area contributed by atoms with Crippen molar-refractivity contribution in [2.45, 2.75) is 6.92 Å². The van der Waals surface area contributed by atoms with Crippen LogP contribution in [0.3, 0.4) is 0 Å². The van der Waals surface area contributed by atoms with Crippen molar-refractivity contribution < 1.29 is 9.59 Å². The molecule has 0 bridgehead atoms. The van der Waals surface area contributed by atoms with Crippen LogP contribution in [0, 0.1) is 0 Å². The van der Waals surface area contributed by atoms with E-state index in [1.54, 1.807) is 0 Å². The zero-order valence-corrected chi connectivity index (χ0v) is 8.56. The van der Waals surface area contributed by atoms with Crippen LogP contribution in [-0.4, -0.2) is 25.0 Å². The number of urea groups is 1. The molecule has 1 fully saturated rings. The molecule has 0 saturated carbocycles. The molecule has 0 spiro atoms. The molecule has 4 heteroatoms. The number of para-hydroxylation sites is 1. The molecule has 1 atom stereocenters. The van der Waals surface area contributed by atoms with Gasteiger partial charge in [0, 0.05) is 12.1 Å². The zero-order valence-electron chi connectivity index (χ0n) is 8.56. The summed E-state index contributed by atoms with van der Waals surface area (Å²) in [6, 6.07) is 8.94. The van der Waals surface area contributed by atoms with E-state index in [9.17, 15) is 9.59 Å². The number of carbonyl (C=O) groups is 2. The molecular formula is C11H13N2O2+. The van der Waals surface area contributed by atoms with Crippen LogP contribution >= 0.6 is 0 Å². The first-order valence-corrected chi connectivity index (χ1v) is 4.97. The van der Waals surface area contributed by atoms with Gasteiger partial charge in [-0.05, 0) is 6.92 Å². The van der Waals surface area contributed by atoms with Gasteiger partial charge in [-0.2, -0.15) is 0 Å². The zero-order chi connectivity index (χ0) is 10.9. The Morgan fingerprint density at radius 1 is 1.27 bits per heavy atom. The van der Waals surface area contributed by atoms with Crippen molar-refractivity contribution in [2.24, 2.45) is 0 Å². The van der Waals surface area contributed by atoms with Gasteiger partial charge in [-0.25, -0.2) is 9.59 Å². The highest BCUT2D eigenvalue weighted by Gasteiger charge is 2.50. The minimum absolute atomic E-state index is 0.0892. The van der Waals surface area contributed by atoms with Crippen LogP contribution < -0.4 is 9.80 Å². The lowest BCUT2D eigenvalue weighted by molar-refractivity contribution is -0.124. The summed E-state index contributed by atoms with van der Waals surface area (Å²) < 4.78 is -0.208. The summed E-state index contributed by atoms with van der Waals surface area (Å²) in [7, 11) is 0. The lowest BCUT2D eigenvalue weighted by Crippen LogP contribution is -2.54. The molecule has 0 radical (unpaired) electrons. The third-order valence-corrected chi connectivity index (χ3v) is 2.83. The number of imide groups is 1. The number of hydrogen-bond donors (Lipinski definition) is 1. The molecule has 1 aromatic rings. The van der Waals surface area contributed by atoms with Crippen LogP contribution in [0.1, 0.15) is 6.92 Å². The highest BCUT2D eigenvalue weighted by Crippen LogP contribution is 2.25. The fraction of sp³-hybridized carbons (Fsp3) is 0.273. The first-order chi connectivity index (χ1) is 7.21. The SMILES string of the molecule is CC[N+]1(c2ccccc2)C(=O)CNC1=O. The van der Waals surface area contributed by atoms with E-state index in [0.29, 0.717) is 6.54 Å². The number of benzene rings is 1. The van der Waals surface area contributed by atoms with Gasteiger partial charge in [0.2, 0.25) is 0 Å². The number of amides is 3. The van der Waals surface area contributed by atoms with Crippen molar-refractivity contribution in [1.29, 1.82) is 0 Å². The lowest BCUT2D eigenvalue weighted by Gasteiger charge is -2.24. The maximum atomic E-state index is 11.8. The molecule has 15 heavy (non-hydrogen) atoms.